The summed E-state index contributed by atoms with van der Waals surface area (Å²) in [6, 6.07) is 14.5. The zero-order valence-electron chi connectivity index (χ0n) is 13.7. The van der Waals surface area contributed by atoms with E-state index in [0.717, 1.165) is 24.9 Å². The first kappa shape index (κ1) is 15.4. The number of nitrogens with zero attached hydrogens (tertiary/aromatic N) is 1. The molecule has 2 aliphatic heterocycles. The number of urea groups is 1. The first-order chi connectivity index (χ1) is 11.7. The molecule has 1 spiro atoms. The summed E-state index contributed by atoms with van der Waals surface area (Å²) in [5, 5.41) is 5.41. The lowest BCUT2D eigenvalue weighted by Gasteiger charge is -2.38. The van der Waals surface area contributed by atoms with Crippen molar-refractivity contribution in [3.8, 4) is 0 Å². The molecule has 0 bridgehead atoms. The van der Waals surface area contributed by atoms with Crippen LogP contribution in [0.5, 0.6) is 0 Å². The number of hydrogen-bond acceptors (Lipinski definition) is 3. The Hall–Kier alpha value is -2.11. The third-order valence-electron chi connectivity index (χ3n) is 4.78. The molecule has 5 nitrogen and oxygen atoms in total. The lowest BCUT2D eigenvalue weighted by molar-refractivity contribution is -0.182. The summed E-state index contributed by atoms with van der Waals surface area (Å²) in [5.74, 6) is -0.571. The predicted octanol–water partition coefficient (Wildman–Crippen LogP) is 2.89. The SMILES string of the molecule is O=C(NCc1ccc2ccccc2c1)N1CCCC2(C1)OCCO2. The predicted molar refractivity (Wildman–Crippen MR) is 91.6 cm³/mol. The summed E-state index contributed by atoms with van der Waals surface area (Å²) in [6.07, 6.45) is 1.77. The van der Waals surface area contributed by atoms with Crippen molar-refractivity contribution in [1.82, 2.24) is 10.2 Å². The van der Waals surface area contributed by atoms with E-state index in [1.54, 1.807) is 4.90 Å². The zero-order valence-corrected chi connectivity index (χ0v) is 13.7. The van der Waals surface area contributed by atoms with Gasteiger partial charge in [0.05, 0.1) is 19.8 Å². The number of nitrogens with one attached hydrogen (secondary N) is 1. The average Bonchev–Trinajstić information content (AvgIpc) is 3.07. The summed E-state index contributed by atoms with van der Waals surface area (Å²) in [6.45, 7) is 3.02. The van der Waals surface area contributed by atoms with Crippen LogP contribution in [0.2, 0.25) is 0 Å². The molecule has 0 unspecified atom stereocenters. The molecular formula is C19H22N2O3. The minimum Gasteiger partial charge on any atom is -0.346 e. The number of fused-ring (bicyclic) bond motifs is 1. The lowest BCUT2D eigenvalue weighted by Crippen LogP contribution is -2.53. The first-order valence-electron chi connectivity index (χ1n) is 8.53. The van der Waals surface area contributed by atoms with Gasteiger partial charge in [0.1, 0.15) is 0 Å². The normalized spacial score (nSPS) is 19.8. The van der Waals surface area contributed by atoms with Crippen LogP contribution in [0.15, 0.2) is 42.5 Å². The summed E-state index contributed by atoms with van der Waals surface area (Å²) in [7, 11) is 0. The molecular weight excluding hydrogens is 304 g/mol. The summed E-state index contributed by atoms with van der Waals surface area (Å²) in [5.41, 5.74) is 1.10. The topological polar surface area (TPSA) is 50.8 Å². The van der Waals surface area contributed by atoms with Gasteiger partial charge in [-0.1, -0.05) is 36.4 Å². The van der Waals surface area contributed by atoms with Gasteiger partial charge in [0.25, 0.3) is 0 Å². The Bertz CT molecular complexity index is 740. The fraction of sp³-hybridized carbons (Fsp3) is 0.421. The van der Waals surface area contributed by atoms with E-state index >= 15 is 0 Å². The number of rotatable bonds is 2. The molecule has 0 aromatic heterocycles. The summed E-state index contributed by atoms with van der Waals surface area (Å²) >= 11 is 0. The first-order valence-corrected chi connectivity index (χ1v) is 8.53. The Balaban J connectivity index is 1.38. The highest BCUT2D eigenvalue weighted by Crippen LogP contribution is 2.30. The molecule has 4 rings (SSSR count). The maximum Gasteiger partial charge on any atom is 0.317 e. The van der Waals surface area contributed by atoms with Crippen molar-refractivity contribution in [2.75, 3.05) is 26.3 Å². The third-order valence-corrected chi connectivity index (χ3v) is 4.78. The molecule has 2 heterocycles. The van der Waals surface area contributed by atoms with Gasteiger partial charge in [-0.2, -0.15) is 0 Å². The van der Waals surface area contributed by atoms with Gasteiger partial charge in [-0.25, -0.2) is 4.79 Å². The van der Waals surface area contributed by atoms with E-state index in [0.29, 0.717) is 26.3 Å². The molecule has 5 heteroatoms. The highest BCUT2D eigenvalue weighted by Gasteiger charge is 2.42. The fourth-order valence-electron chi connectivity index (χ4n) is 3.53. The van der Waals surface area contributed by atoms with Crippen LogP contribution in [0.3, 0.4) is 0 Å². The van der Waals surface area contributed by atoms with Crippen LogP contribution in [0.1, 0.15) is 18.4 Å². The maximum atomic E-state index is 12.5. The van der Waals surface area contributed by atoms with Crippen molar-refractivity contribution >= 4 is 16.8 Å². The van der Waals surface area contributed by atoms with Crippen molar-refractivity contribution in [3.63, 3.8) is 0 Å². The highest BCUT2D eigenvalue weighted by atomic mass is 16.7. The minimum atomic E-state index is -0.571. The zero-order chi connectivity index (χ0) is 16.4. The molecule has 2 aliphatic rings. The summed E-state index contributed by atoms with van der Waals surface area (Å²) in [4.78, 5) is 14.3. The van der Waals surface area contributed by atoms with Crippen LogP contribution in [0.4, 0.5) is 4.79 Å². The molecule has 24 heavy (non-hydrogen) atoms. The molecule has 0 aliphatic carbocycles. The quantitative estimate of drug-likeness (QED) is 0.923. The van der Waals surface area contributed by atoms with E-state index in [4.69, 9.17) is 9.47 Å². The monoisotopic (exact) mass is 326 g/mol. The van der Waals surface area contributed by atoms with Crippen molar-refractivity contribution in [3.05, 3.63) is 48.0 Å². The Morgan fingerprint density at radius 3 is 2.75 bits per heavy atom. The van der Waals surface area contributed by atoms with Gasteiger partial charge >= 0.3 is 6.03 Å². The van der Waals surface area contributed by atoms with Crippen molar-refractivity contribution < 1.29 is 14.3 Å². The van der Waals surface area contributed by atoms with E-state index < -0.39 is 5.79 Å². The molecule has 2 aromatic carbocycles. The summed E-state index contributed by atoms with van der Waals surface area (Å²) < 4.78 is 11.5. The van der Waals surface area contributed by atoms with Crippen LogP contribution in [0.25, 0.3) is 10.8 Å². The standard InChI is InChI=1S/C19H22N2O3/c22-18(21-9-3-8-19(14-21)23-10-11-24-19)20-13-15-6-7-16-4-1-2-5-17(16)12-15/h1-2,4-7,12H,3,8-11,13-14H2,(H,20,22). The molecule has 2 amide bonds. The number of benzene rings is 2. The molecule has 0 saturated carbocycles. The molecule has 0 radical (unpaired) electrons. The van der Waals surface area contributed by atoms with Gasteiger partial charge in [0, 0.05) is 19.5 Å². The number of carbonyl (C=O) groups is 1. The Morgan fingerprint density at radius 1 is 1.12 bits per heavy atom. The van der Waals surface area contributed by atoms with Gasteiger partial charge in [0.2, 0.25) is 0 Å². The molecule has 126 valence electrons. The second-order valence-electron chi connectivity index (χ2n) is 6.47. The van der Waals surface area contributed by atoms with Crippen LogP contribution < -0.4 is 5.32 Å². The van der Waals surface area contributed by atoms with Crippen LogP contribution >= 0.6 is 0 Å². The maximum absolute atomic E-state index is 12.5. The van der Waals surface area contributed by atoms with Crippen molar-refractivity contribution in [1.29, 1.82) is 0 Å². The minimum absolute atomic E-state index is 0.0543. The van der Waals surface area contributed by atoms with Gasteiger partial charge in [-0.15, -0.1) is 0 Å². The van der Waals surface area contributed by atoms with Crippen LogP contribution in [0, 0.1) is 0 Å². The van der Waals surface area contributed by atoms with Crippen molar-refractivity contribution in [2.45, 2.75) is 25.2 Å². The number of ether oxygens (including phenoxy) is 2. The molecule has 0 atom stereocenters. The Kier molecular flexibility index (Phi) is 4.12. The number of hydrogen-bond donors (Lipinski definition) is 1. The van der Waals surface area contributed by atoms with Gasteiger partial charge in [-0.05, 0) is 28.8 Å². The number of likely N-dealkylation sites (tertiary alicyclic amines) is 1. The molecule has 2 saturated heterocycles. The second kappa shape index (κ2) is 6.42. The smallest absolute Gasteiger partial charge is 0.317 e. The van der Waals surface area contributed by atoms with E-state index in [2.05, 4.69) is 35.6 Å². The Labute approximate surface area is 141 Å². The van der Waals surface area contributed by atoms with E-state index in [1.165, 1.54) is 10.8 Å². The van der Waals surface area contributed by atoms with Gasteiger partial charge < -0.3 is 19.7 Å². The van der Waals surface area contributed by atoms with Gasteiger partial charge in [-0.3, -0.25) is 0 Å². The molecule has 2 fully saturated rings. The molecule has 1 N–H and O–H groups in total. The van der Waals surface area contributed by atoms with E-state index in [-0.39, 0.29) is 6.03 Å². The van der Waals surface area contributed by atoms with Crippen molar-refractivity contribution in [2.24, 2.45) is 0 Å². The van der Waals surface area contributed by atoms with Crippen LogP contribution in [-0.4, -0.2) is 43.0 Å². The van der Waals surface area contributed by atoms with Crippen LogP contribution in [-0.2, 0) is 16.0 Å². The Morgan fingerprint density at radius 2 is 1.92 bits per heavy atom. The van der Waals surface area contributed by atoms with E-state index in [9.17, 15) is 4.79 Å². The largest absolute Gasteiger partial charge is 0.346 e. The number of piperidine rings is 1. The highest BCUT2D eigenvalue weighted by molar-refractivity contribution is 5.83. The van der Waals surface area contributed by atoms with E-state index in [1.807, 2.05) is 12.1 Å². The fourth-order valence-corrected chi connectivity index (χ4v) is 3.53. The van der Waals surface area contributed by atoms with Gasteiger partial charge in [0.15, 0.2) is 5.79 Å². The third kappa shape index (κ3) is 3.09. The lowest BCUT2D eigenvalue weighted by atomic mass is 10.0. The molecule has 2 aromatic rings. The number of amides is 2. The number of carbonyl (C=O) groups excluding carboxylic acids is 1. The average molecular weight is 326 g/mol. The second-order valence-corrected chi connectivity index (χ2v) is 6.47.